The summed E-state index contributed by atoms with van der Waals surface area (Å²) in [6, 6.07) is 12.8. The molecule has 0 unspecified atom stereocenters. The van der Waals surface area contributed by atoms with Gasteiger partial charge in [-0.05, 0) is 43.7 Å². The second-order valence-corrected chi connectivity index (χ2v) is 11.4. The summed E-state index contributed by atoms with van der Waals surface area (Å²) in [7, 11) is -2.48. The standard InChI is InChI=1S/C24H26N2O8S/c1-24(2)20(23(29)34-13-15-9-11-16(32-3)12-10-15)26-21(28)19(22(26)35(24,30)31)25-18(27)14-33-17-7-5-4-6-8-17/h4-12,19-20,22H,13-14H2,1-3H3,(H,25,27)/t19-,20+,22-/m1/s1. The molecule has 0 spiro atoms. The number of ether oxygens (including phenoxy) is 3. The first-order valence-corrected chi connectivity index (χ1v) is 12.4. The minimum atomic E-state index is -4.01. The highest BCUT2D eigenvalue weighted by molar-refractivity contribution is 7.94. The van der Waals surface area contributed by atoms with Gasteiger partial charge in [-0.1, -0.05) is 30.3 Å². The topological polar surface area (TPSA) is 128 Å². The molecule has 35 heavy (non-hydrogen) atoms. The number of nitrogens with one attached hydrogen (secondary N) is 1. The third-order valence-corrected chi connectivity index (χ3v) is 9.09. The number of hydrogen-bond donors (Lipinski definition) is 1. The summed E-state index contributed by atoms with van der Waals surface area (Å²) >= 11 is 0. The molecule has 0 aliphatic carbocycles. The zero-order valence-corrected chi connectivity index (χ0v) is 20.3. The van der Waals surface area contributed by atoms with Gasteiger partial charge in [-0.25, -0.2) is 13.2 Å². The lowest BCUT2D eigenvalue weighted by Crippen LogP contribution is -2.72. The number of esters is 1. The minimum Gasteiger partial charge on any atom is -0.497 e. The van der Waals surface area contributed by atoms with Crippen LogP contribution in [0.15, 0.2) is 54.6 Å². The Morgan fingerprint density at radius 3 is 2.31 bits per heavy atom. The maximum atomic E-state index is 13.3. The summed E-state index contributed by atoms with van der Waals surface area (Å²) in [5.41, 5.74) is 0.674. The van der Waals surface area contributed by atoms with Gasteiger partial charge in [0.15, 0.2) is 21.8 Å². The lowest BCUT2D eigenvalue weighted by atomic mass is 9.96. The van der Waals surface area contributed by atoms with E-state index in [1.165, 1.54) is 21.0 Å². The number of fused-ring (bicyclic) bond motifs is 1. The van der Waals surface area contributed by atoms with Gasteiger partial charge in [0.05, 0.1) is 7.11 Å². The molecule has 2 aromatic carbocycles. The van der Waals surface area contributed by atoms with Gasteiger partial charge in [0.2, 0.25) is 5.91 Å². The number of methoxy groups -OCH3 is 1. The summed E-state index contributed by atoms with van der Waals surface area (Å²) < 4.78 is 40.7. The fraction of sp³-hybridized carbons (Fsp3) is 0.375. The highest BCUT2D eigenvalue weighted by Crippen LogP contribution is 2.46. The van der Waals surface area contributed by atoms with E-state index in [0.29, 0.717) is 17.1 Å². The van der Waals surface area contributed by atoms with E-state index in [2.05, 4.69) is 5.32 Å². The summed E-state index contributed by atoms with van der Waals surface area (Å²) in [5.74, 6) is -1.05. The van der Waals surface area contributed by atoms with Crippen LogP contribution < -0.4 is 14.8 Å². The van der Waals surface area contributed by atoms with Gasteiger partial charge in [0.25, 0.3) is 5.91 Å². The minimum absolute atomic E-state index is 0.0981. The van der Waals surface area contributed by atoms with E-state index in [1.807, 2.05) is 0 Å². The second kappa shape index (κ2) is 9.21. The van der Waals surface area contributed by atoms with Crippen LogP contribution in [-0.4, -0.2) is 67.0 Å². The van der Waals surface area contributed by atoms with Crippen LogP contribution in [-0.2, 0) is 35.6 Å². The Bertz CT molecular complexity index is 1230. The van der Waals surface area contributed by atoms with Crippen molar-refractivity contribution in [3.63, 3.8) is 0 Å². The van der Waals surface area contributed by atoms with Crippen LogP contribution >= 0.6 is 0 Å². The Morgan fingerprint density at radius 2 is 1.69 bits per heavy atom. The molecule has 0 aromatic heterocycles. The molecule has 2 aliphatic rings. The molecule has 0 saturated carbocycles. The molecule has 2 saturated heterocycles. The van der Waals surface area contributed by atoms with Crippen molar-refractivity contribution in [2.45, 2.75) is 42.7 Å². The van der Waals surface area contributed by atoms with E-state index in [-0.39, 0.29) is 6.61 Å². The summed E-state index contributed by atoms with van der Waals surface area (Å²) in [6.45, 7) is 2.27. The number of para-hydroxylation sites is 1. The number of nitrogens with zero attached hydrogens (tertiary/aromatic N) is 1. The number of hydrogen-bond acceptors (Lipinski definition) is 8. The summed E-state index contributed by atoms with van der Waals surface area (Å²) in [5, 5.41) is 1.07. The third kappa shape index (κ3) is 4.31. The van der Waals surface area contributed by atoms with Gasteiger partial charge in [-0.15, -0.1) is 0 Å². The van der Waals surface area contributed by atoms with Gasteiger partial charge in [0, 0.05) is 0 Å². The Hall–Kier alpha value is -3.60. The van der Waals surface area contributed by atoms with Crippen LogP contribution in [0.2, 0.25) is 0 Å². The zero-order valence-electron chi connectivity index (χ0n) is 19.5. The molecular weight excluding hydrogens is 476 g/mol. The van der Waals surface area contributed by atoms with Crippen molar-refractivity contribution in [2.24, 2.45) is 0 Å². The van der Waals surface area contributed by atoms with Gasteiger partial charge >= 0.3 is 5.97 Å². The molecule has 0 radical (unpaired) electrons. The predicted octanol–water partition coefficient (Wildman–Crippen LogP) is 1.05. The van der Waals surface area contributed by atoms with E-state index in [9.17, 15) is 22.8 Å². The molecule has 186 valence electrons. The Labute approximate surface area is 203 Å². The van der Waals surface area contributed by atoms with Crippen LogP contribution in [0, 0.1) is 0 Å². The fourth-order valence-electron chi connectivity index (χ4n) is 4.26. The Balaban J connectivity index is 1.43. The average Bonchev–Trinajstić information content (AvgIpc) is 3.00. The smallest absolute Gasteiger partial charge is 0.330 e. The van der Waals surface area contributed by atoms with Gasteiger partial charge in [-0.2, -0.15) is 0 Å². The molecule has 2 aliphatic heterocycles. The van der Waals surface area contributed by atoms with Crippen molar-refractivity contribution in [3.8, 4) is 11.5 Å². The molecule has 2 fully saturated rings. The highest BCUT2D eigenvalue weighted by atomic mass is 32.2. The van der Waals surface area contributed by atoms with E-state index in [0.717, 1.165) is 4.90 Å². The number of carbonyl (C=O) groups excluding carboxylic acids is 3. The maximum absolute atomic E-state index is 13.3. The molecular formula is C24H26N2O8S. The van der Waals surface area contributed by atoms with Crippen LogP contribution in [0.4, 0.5) is 0 Å². The van der Waals surface area contributed by atoms with E-state index in [4.69, 9.17) is 14.2 Å². The third-order valence-electron chi connectivity index (χ3n) is 6.26. The first-order valence-electron chi connectivity index (χ1n) is 10.9. The lowest BCUT2D eigenvalue weighted by Gasteiger charge is -2.42. The molecule has 2 heterocycles. The van der Waals surface area contributed by atoms with Gasteiger partial charge in [-0.3, -0.25) is 9.59 Å². The monoisotopic (exact) mass is 502 g/mol. The predicted molar refractivity (Wildman–Crippen MR) is 124 cm³/mol. The van der Waals surface area contributed by atoms with E-state index in [1.54, 1.807) is 54.6 Å². The number of β-lactam (4-membered cyclic amide) rings is 1. The quantitative estimate of drug-likeness (QED) is 0.419. The number of amides is 2. The van der Waals surface area contributed by atoms with Gasteiger partial charge < -0.3 is 24.4 Å². The van der Waals surface area contributed by atoms with Crippen LogP contribution in [0.5, 0.6) is 11.5 Å². The first kappa shape index (κ1) is 24.5. The molecule has 10 nitrogen and oxygen atoms in total. The Kier molecular flexibility index (Phi) is 6.46. The normalized spacial score (nSPS) is 23.6. The number of rotatable bonds is 8. The van der Waals surface area contributed by atoms with Crippen molar-refractivity contribution in [2.75, 3.05) is 13.7 Å². The molecule has 0 bridgehead atoms. The highest BCUT2D eigenvalue weighted by Gasteiger charge is 2.72. The molecule has 2 aromatic rings. The van der Waals surface area contributed by atoms with Crippen molar-refractivity contribution in [1.82, 2.24) is 10.2 Å². The van der Waals surface area contributed by atoms with Crippen LogP contribution in [0.1, 0.15) is 19.4 Å². The van der Waals surface area contributed by atoms with Crippen molar-refractivity contribution < 1.29 is 37.0 Å². The molecule has 3 atom stereocenters. The van der Waals surface area contributed by atoms with Crippen molar-refractivity contribution in [3.05, 3.63) is 60.2 Å². The van der Waals surface area contributed by atoms with E-state index < -0.39 is 56.4 Å². The largest absolute Gasteiger partial charge is 0.497 e. The first-order chi connectivity index (χ1) is 16.6. The van der Waals surface area contributed by atoms with E-state index >= 15 is 0 Å². The van der Waals surface area contributed by atoms with Crippen LogP contribution in [0.25, 0.3) is 0 Å². The van der Waals surface area contributed by atoms with Crippen LogP contribution in [0.3, 0.4) is 0 Å². The number of sulfone groups is 1. The maximum Gasteiger partial charge on any atom is 0.330 e. The molecule has 4 rings (SSSR count). The molecule has 2 amide bonds. The SMILES string of the molecule is COc1ccc(COC(=O)[C@@H]2N3C(=O)[C@@H](NC(=O)COc4ccccc4)[C@H]3S(=O)(=O)C2(C)C)cc1. The zero-order chi connectivity index (χ0) is 25.4. The summed E-state index contributed by atoms with van der Waals surface area (Å²) in [6.07, 6.45) is 0. The second-order valence-electron chi connectivity index (χ2n) is 8.79. The fourth-order valence-corrected chi connectivity index (χ4v) is 6.47. The molecule has 11 heteroatoms. The summed E-state index contributed by atoms with van der Waals surface area (Å²) in [4.78, 5) is 39.2. The van der Waals surface area contributed by atoms with Crippen molar-refractivity contribution in [1.29, 1.82) is 0 Å². The number of carbonyl (C=O) groups is 3. The average molecular weight is 503 g/mol. The van der Waals surface area contributed by atoms with Gasteiger partial charge in [0.1, 0.15) is 34.9 Å². The number of benzene rings is 2. The Morgan fingerprint density at radius 1 is 1.03 bits per heavy atom. The molecule has 1 N–H and O–H groups in total. The van der Waals surface area contributed by atoms with Crippen molar-refractivity contribution >= 4 is 27.6 Å². The lowest BCUT2D eigenvalue weighted by molar-refractivity contribution is -0.165.